The monoisotopic (exact) mass is 245 g/mol. The Hall–Kier alpha value is -1.93. The number of pyridine rings is 1. The molecular weight excluding hydrogens is 230 g/mol. The van der Waals surface area contributed by atoms with Crippen LogP contribution >= 0.6 is 0 Å². The van der Waals surface area contributed by atoms with Crippen molar-refractivity contribution in [3.05, 3.63) is 29.1 Å². The van der Waals surface area contributed by atoms with Gasteiger partial charge in [0.05, 0.1) is 16.9 Å². The van der Waals surface area contributed by atoms with E-state index in [1.165, 1.54) is 6.07 Å². The van der Waals surface area contributed by atoms with Crippen LogP contribution in [0.5, 0.6) is 0 Å². The van der Waals surface area contributed by atoms with Crippen LogP contribution in [-0.2, 0) is 0 Å². The number of aliphatic hydroxyl groups is 1. The van der Waals surface area contributed by atoms with Gasteiger partial charge in [-0.2, -0.15) is 5.26 Å². The molecule has 2 rings (SSSR count). The molecule has 94 valence electrons. The fourth-order valence-electron chi connectivity index (χ4n) is 1.90. The summed E-state index contributed by atoms with van der Waals surface area (Å²) >= 11 is 0. The molecule has 5 heteroatoms. The number of nitriles is 1. The lowest BCUT2D eigenvalue weighted by Crippen LogP contribution is -2.47. The van der Waals surface area contributed by atoms with Crippen LogP contribution < -0.4 is 5.32 Å². The zero-order valence-electron chi connectivity index (χ0n) is 10.2. The summed E-state index contributed by atoms with van der Waals surface area (Å²) in [6.07, 6.45) is 2.46. The van der Waals surface area contributed by atoms with Crippen LogP contribution in [0.1, 0.15) is 41.0 Å². The van der Waals surface area contributed by atoms with Gasteiger partial charge in [0.15, 0.2) is 0 Å². The van der Waals surface area contributed by atoms with Crippen LogP contribution in [0.25, 0.3) is 0 Å². The third kappa shape index (κ3) is 2.49. The van der Waals surface area contributed by atoms with E-state index in [1.54, 1.807) is 13.0 Å². The van der Waals surface area contributed by atoms with Crippen molar-refractivity contribution in [1.82, 2.24) is 10.3 Å². The lowest BCUT2D eigenvalue weighted by Gasteiger charge is -2.36. The second kappa shape index (κ2) is 4.75. The van der Waals surface area contributed by atoms with Crippen molar-refractivity contribution in [2.24, 2.45) is 0 Å². The van der Waals surface area contributed by atoms with Gasteiger partial charge in [-0.05, 0) is 38.3 Å². The van der Waals surface area contributed by atoms with Gasteiger partial charge in [-0.1, -0.05) is 0 Å². The maximum Gasteiger partial charge on any atom is 0.269 e. The molecule has 0 unspecified atom stereocenters. The van der Waals surface area contributed by atoms with Crippen molar-refractivity contribution in [2.45, 2.75) is 31.8 Å². The number of nitrogens with one attached hydrogen (secondary N) is 1. The van der Waals surface area contributed by atoms with Crippen molar-refractivity contribution < 1.29 is 9.90 Å². The number of nitrogens with zero attached hydrogens (tertiary/aromatic N) is 2. The van der Waals surface area contributed by atoms with Crippen LogP contribution in [-0.4, -0.2) is 28.1 Å². The van der Waals surface area contributed by atoms with Gasteiger partial charge in [-0.25, -0.2) is 4.98 Å². The maximum atomic E-state index is 11.8. The second-order valence-corrected chi connectivity index (χ2v) is 4.70. The molecule has 1 aliphatic rings. The number of carbonyl (C=O) groups excluding carboxylic acids is 1. The molecule has 5 nitrogen and oxygen atoms in total. The number of hydrogen-bond donors (Lipinski definition) is 2. The van der Waals surface area contributed by atoms with Crippen LogP contribution in [0.2, 0.25) is 0 Å². The van der Waals surface area contributed by atoms with Gasteiger partial charge in [0.2, 0.25) is 0 Å². The van der Waals surface area contributed by atoms with Crippen LogP contribution in [0.15, 0.2) is 12.1 Å². The molecular formula is C13H15N3O2. The van der Waals surface area contributed by atoms with Crippen molar-refractivity contribution in [1.29, 1.82) is 5.26 Å². The molecule has 0 saturated heterocycles. The molecule has 0 bridgehead atoms. The number of carbonyl (C=O) groups is 1. The van der Waals surface area contributed by atoms with E-state index in [9.17, 15) is 9.90 Å². The largest absolute Gasteiger partial charge is 0.388 e. The molecule has 2 N–H and O–H groups in total. The topological polar surface area (TPSA) is 86.0 Å². The van der Waals surface area contributed by atoms with Gasteiger partial charge in [0.25, 0.3) is 5.91 Å². The zero-order valence-corrected chi connectivity index (χ0v) is 10.2. The molecule has 0 spiro atoms. The van der Waals surface area contributed by atoms with E-state index in [2.05, 4.69) is 10.3 Å². The summed E-state index contributed by atoms with van der Waals surface area (Å²) in [5.74, 6) is -0.317. The third-order valence-corrected chi connectivity index (χ3v) is 3.30. The highest BCUT2D eigenvalue weighted by molar-refractivity contribution is 5.92. The number of aromatic nitrogens is 1. The molecule has 1 heterocycles. The fraction of sp³-hybridized carbons (Fsp3) is 0.462. The molecule has 1 aliphatic carbocycles. The van der Waals surface area contributed by atoms with E-state index in [4.69, 9.17) is 5.26 Å². The van der Waals surface area contributed by atoms with Crippen LogP contribution in [0, 0.1) is 18.3 Å². The molecule has 0 aromatic carbocycles. The molecule has 0 atom stereocenters. The lowest BCUT2D eigenvalue weighted by molar-refractivity contribution is -0.0300. The Morgan fingerprint density at radius 3 is 2.83 bits per heavy atom. The Labute approximate surface area is 105 Å². The SMILES string of the molecule is Cc1nc(C(=O)NCC2(O)CCC2)ccc1C#N. The summed E-state index contributed by atoms with van der Waals surface area (Å²) in [5.41, 5.74) is 0.531. The van der Waals surface area contributed by atoms with Crippen molar-refractivity contribution in [3.8, 4) is 6.07 Å². The van der Waals surface area contributed by atoms with Gasteiger partial charge in [0.1, 0.15) is 11.8 Å². The predicted molar refractivity (Wildman–Crippen MR) is 64.8 cm³/mol. The molecule has 1 amide bonds. The van der Waals surface area contributed by atoms with Gasteiger partial charge < -0.3 is 10.4 Å². The minimum atomic E-state index is -0.739. The summed E-state index contributed by atoms with van der Waals surface area (Å²) in [6, 6.07) is 5.10. The highest BCUT2D eigenvalue weighted by Crippen LogP contribution is 2.30. The molecule has 1 aromatic rings. The first-order valence-electron chi connectivity index (χ1n) is 5.92. The molecule has 1 aromatic heterocycles. The third-order valence-electron chi connectivity index (χ3n) is 3.30. The van der Waals surface area contributed by atoms with Gasteiger partial charge in [-0.3, -0.25) is 4.79 Å². The minimum absolute atomic E-state index is 0.257. The first-order valence-corrected chi connectivity index (χ1v) is 5.92. The standard InChI is InChI=1S/C13H15N3O2/c1-9-10(7-14)3-4-11(16-9)12(17)15-8-13(18)5-2-6-13/h3-4,18H,2,5-6,8H2,1H3,(H,15,17). The summed E-state index contributed by atoms with van der Waals surface area (Å²) in [4.78, 5) is 15.9. The van der Waals surface area contributed by atoms with Gasteiger partial charge >= 0.3 is 0 Å². The van der Waals surface area contributed by atoms with Gasteiger partial charge in [-0.15, -0.1) is 0 Å². The average molecular weight is 245 g/mol. The number of rotatable bonds is 3. The Kier molecular flexibility index (Phi) is 3.30. The van der Waals surface area contributed by atoms with E-state index in [1.807, 2.05) is 6.07 Å². The summed E-state index contributed by atoms with van der Waals surface area (Å²) in [5, 5.41) is 21.3. The minimum Gasteiger partial charge on any atom is -0.388 e. The van der Waals surface area contributed by atoms with E-state index in [-0.39, 0.29) is 18.1 Å². The van der Waals surface area contributed by atoms with Crippen molar-refractivity contribution in [3.63, 3.8) is 0 Å². The molecule has 0 radical (unpaired) electrons. The molecule has 18 heavy (non-hydrogen) atoms. The normalized spacial score (nSPS) is 16.5. The van der Waals surface area contributed by atoms with Crippen LogP contribution in [0.4, 0.5) is 0 Å². The highest BCUT2D eigenvalue weighted by Gasteiger charge is 2.34. The van der Waals surface area contributed by atoms with E-state index in [0.717, 1.165) is 19.3 Å². The van der Waals surface area contributed by atoms with E-state index in [0.29, 0.717) is 11.3 Å². The first-order chi connectivity index (χ1) is 8.54. The second-order valence-electron chi connectivity index (χ2n) is 4.70. The molecule has 1 saturated carbocycles. The Balaban J connectivity index is 2.01. The molecule has 1 fully saturated rings. The Morgan fingerprint density at radius 1 is 1.61 bits per heavy atom. The Morgan fingerprint density at radius 2 is 2.33 bits per heavy atom. The van der Waals surface area contributed by atoms with Crippen LogP contribution in [0.3, 0.4) is 0 Å². The zero-order chi connectivity index (χ0) is 13.2. The maximum absolute atomic E-state index is 11.8. The quantitative estimate of drug-likeness (QED) is 0.828. The summed E-state index contributed by atoms with van der Waals surface area (Å²) < 4.78 is 0. The van der Waals surface area contributed by atoms with E-state index >= 15 is 0 Å². The average Bonchev–Trinajstić information content (AvgIpc) is 2.33. The number of amides is 1. The highest BCUT2D eigenvalue weighted by atomic mass is 16.3. The predicted octanol–water partition coefficient (Wildman–Crippen LogP) is 0.906. The smallest absolute Gasteiger partial charge is 0.269 e. The fourth-order valence-corrected chi connectivity index (χ4v) is 1.90. The first kappa shape index (κ1) is 12.5. The number of hydrogen-bond acceptors (Lipinski definition) is 4. The van der Waals surface area contributed by atoms with E-state index < -0.39 is 5.60 Å². The van der Waals surface area contributed by atoms with Crippen molar-refractivity contribution in [2.75, 3.05) is 6.54 Å². The summed E-state index contributed by atoms with van der Waals surface area (Å²) in [6.45, 7) is 1.95. The number of aryl methyl sites for hydroxylation is 1. The Bertz CT molecular complexity index is 515. The molecule has 0 aliphatic heterocycles. The van der Waals surface area contributed by atoms with Crippen molar-refractivity contribution >= 4 is 5.91 Å². The van der Waals surface area contributed by atoms with Gasteiger partial charge in [0, 0.05) is 6.54 Å². The summed E-state index contributed by atoms with van der Waals surface area (Å²) in [7, 11) is 0. The lowest BCUT2D eigenvalue weighted by atomic mass is 9.80.